The summed E-state index contributed by atoms with van der Waals surface area (Å²) in [6.07, 6.45) is 7.83. The molecule has 1 aromatic rings. The minimum Gasteiger partial charge on any atom is -0.384 e. The highest BCUT2D eigenvalue weighted by Gasteiger charge is 2.42. The van der Waals surface area contributed by atoms with Crippen molar-refractivity contribution in [3.05, 3.63) is 35.4 Å². The molecule has 1 aliphatic carbocycles. The van der Waals surface area contributed by atoms with Crippen LogP contribution in [0.15, 0.2) is 24.3 Å². The highest BCUT2D eigenvalue weighted by atomic mass is 16.5. The summed E-state index contributed by atoms with van der Waals surface area (Å²) in [5.41, 5.74) is 2.48. The molecule has 1 aromatic carbocycles. The lowest BCUT2D eigenvalue weighted by atomic mass is 9.68. The molecule has 1 aliphatic heterocycles. The number of amides is 1. The summed E-state index contributed by atoms with van der Waals surface area (Å²) in [6, 6.07) is 8.71. The zero-order valence-electron chi connectivity index (χ0n) is 16.4. The van der Waals surface area contributed by atoms with Crippen molar-refractivity contribution in [3.63, 3.8) is 0 Å². The standard InChI is InChI=1S/C22H34N2O2/c1-18-8-4-5-9-19(18)21(10-6-3-7-11-21)16-24-20(25)22(17-26-2)12-14-23-15-13-22/h4-5,8-9,23H,3,6-7,10-17H2,1-2H3,(H,24,25). The van der Waals surface area contributed by atoms with Gasteiger partial charge in [-0.3, -0.25) is 4.79 Å². The van der Waals surface area contributed by atoms with Crippen molar-refractivity contribution in [1.29, 1.82) is 0 Å². The van der Waals surface area contributed by atoms with Gasteiger partial charge >= 0.3 is 0 Å². The molecule has 1 saturated heterocycles. The maximum atomic E-state index is 13.2. The Hall–Kier alpha value is -1.39. The molecular formula is C22H34N2O2. The molecule has 0 spiro atoms. The van der Waals surface area contributed by atoms with Crippen LogP contribution >= 0.6 is 0 Å². The first-order chi connectivity index (χ1) is 12.6. The number of carbonyl (C=O) groups is 1. The fraction of sp³-hybridized carbons (Fsp3) is 0.682. The molecule has 2 N–H and O–H groups in total. The average Bonchev–Trinajstić information content (AvgIpc) is 2.68. The summed E-state index contributed by atoms with van der Waals surface area (Å²) >= 11 is 0. The minimum atomic E-state index is -0.373. The van der Waals surface area contributed by atoms with E-state index >= 15 is 0 Å². The van der Waals surface area contributed by atoms with E-state index in [1.807, 2.05) is 0 Å². The van der Waals surface area contributed by atoms with Crippen LogP contribution in [0, 0.1) is 12.3 Å². The van der Waals surface area contributed by atoms with E-state index in [2.05, 4.69) is 41.8 Å². The first-order valence-electron chi connectivity index (χ1n) is 10.2. The third-order valence-electron chi connectivity index (χ3n) is 6.58. The number of hydrogen-bond acceptors (Lipinski definition) is 3. The van der Waals surface area contributed by atoms with E-state index in [-0.39, 0.29) is 16.7 Å². The number of ether oxygens (including phenoxy) is 1. The van der Waals surface area contributed by atoms with E-state index in [4.69, 9.17) is 4.74 Å². The van der Waals surface area contributed by atoms with Crippen LogP contribution in [-0.2, 0) is 14.9 Å². The van der Waals surface area contributed by atoms with Crippen LogP contribution < -0.4 is 10.6 Å². The third-order valence-corrected chi connectivity index (χ3v) is 6.58. The van der Waals surface area contributed by atoms with Crippen molar-refractivity contribution < 1.29 is 9.53 Å². The number of aryl methyl sites for hydroxylation is 1. The topological polar surface area (TPSA) is 50.4 Å². The van der Waals surface area contributed by atoms with Gasteiger partial charge in [0.1, 0.15) is 0 Å². The first-order valence-corrected chi connectivity index (χ1v) is 10.2. The molecule has 0 bridgehead atoms. The lowest BCUT2D eigenvalue weighted by molar-refractivity contribution is -0.136. The van der Waals surface area contributed by atoms with Crippen LogP contribution in [0.25, 0.3) is 0 Å². The van der Waals surface area contributed by atoms with E-state index in [1.54, 1.807) is 7.11 Å². The number of nitrogens with one attached hydrogen (secondary N) is 2. The van der Waals surface area contributed by atoms with E-state index in [0.717, 1.165) is 45.3 Å². The molecule has 26 heavy (non-hydrogen) atoms. The lowest BCUT2D eigenvalue weighted by Crippen LogP contribution is -2.53. The molecular weight excluding hydrogens is 324 g/mol. The van der Waals surface area contributed by atoms with Gasteiger partial charge in [-0.15, -0.1) is 0 Å². The summed E-state index contributed by atoms with van der Waals surface area (Å²) in [7, 11) is 1.70. The second-order valence-corrected chi connectivity index (χ2v) is 8.30. The van der Waals surface area contributed by atoms with E-state index < -0.39 is 0 Å². The predicted molar refractivity (Wildman–Crippen MR) is 105 cm³/mol. The number of carbonyl (C=O) groups excluding carboxylic acids is 1. The van der Waals surface area contributed by atoms with Gasteiger partial charge in [-0.1, -0.05) is 43.5 Å². The van der Waals surface area contributed by atoms with Crippen LogP contribution in [0.5, 0.6) is 0 Å². The van der Waals surface area contributed by atoms with Crippen molar-refractivity contribution in [2.45, 2.75) is 57.3 Å². The first kappa shape index (κ1) is 19.4. The fourth-order valence-corrected chi connectivity index (χ4v) is 4.99. The Kier molecular flexibility index (Phi) is 6.36. The zero-order valence-corrected chi connectivity index (χ0v) is 16.4. The molecule has 2 aliphatic rings. The van der Waals surface area contributed by atoms with Gasteiger partial charge in [-0.2, -0.15) is 0 Å². The monoisotopic (exact) mass is 358 g/mol. The number of rotatable bonds is 6. The van der Waals surface area contributed by atoms with Crippen LogP contribution in [0.1, 0.15) is 56.1 Å². The highest BCUT2D eigenvalue weighted by molar-refractivity contribution is 5.83. The number of hydrogen-bond donors (Lipinski definition) is 2. The van der Waals surface area contributed by atoms with Crippen molar-refractivity contribution in [2.24, 2.45) is 5.41 Å². The second kappa shape index (κ2) is 8.53. The van der Waals surface area contributed by atoms with Crippen LogP contribution in [0.3, 0.4) is 0 Å². The van der Waals surface area contributed by atoms with Crippen LogP contribution in [0.4, 0.5) is 0 Å². The normalized spacial score (nSPS) is 21.9. The molecule has 2 fully saturated rings. The van der Waals surface area contributed by atoms with Gasteiger partial charge in [0.05, 0.1) is 12.0 Å². The Labute approximate surface area is 158 Å². The Morgan fingerprint density at radius 3 is 2.46 bits per heavy atom. The SMILES string of the molecule is COCC1(C(=O)NCC2(c3ccccc3C)CCCCC2)CCNCC1. The number of benzene rings is 1. The van der Waals surface area contributed by atoms with Gasteiger partial charge in [0, 0.05) is 19.1 Å². The Bertz CT molecular complexity index is 596. The quantitative estimate of drug-likeness (QED) is 0.820. The van der Waals surface area contributed by atoms with E-state index in [1.165, 1.54) is 30.4 Å². The van der Waals surface area contributed by atoms with Crippen molar-refractivity contribution >= 4 is 5.91 Å². The predicted octanol–water partition coefficient (Wildman–Crippen LogP) is 3.33. The Morgan fingerprint density at radius 1 is 1.12 bits per heavy atom. The second-order valence-electron chi connectivity index (χ2n) is 8.30. The molecule has 0 unspecified atom stereocenters. The van der Waals surface area contributed by atoms with Crippen LogP contribution in [0.2, 0.25) is 0 Å². The molecule has 4 nitrogen and oxygen atoms in total. The maximum Gasteiger partial charge on any atom is 0.228 e. The Morgan fingerprint density at radius 2 is 1.81 bits per heavy atom. The summed E-state index contributed by atoms with van der Waals surface area (Å²) in [4.78, 5) is 13.2. The molecule has 1 saturated carbocycles. The smallest absolute Gasteiger partial charge is 0.228 e. The third kappa shape index (κ3) is 3.96. The number of piperidine rings is 1. The molecule has 4 heteroatoms. The summed E-state index contributed by atoms with van der Waals surface area (Å²) < 4.78 is 5.44. The summed E-state index contributed by atoms with van der Waals surface area (Å²) in [6.45, 7) is 5.24. The molecule has 144 valence electrons. The van der Waals surface area contributed by atoms with Crippen LogP contribution in [-0.4, -0.2) is 39.3 Å². The highest BCUT2D eigenvalue weighted by Crippen LogP contribution is 2.41. The maximum absolute atomic E-state index is 13.2. The summed E-state index contributed by atoms with van der Waals surface area (Å²) in [5, 5.41) is 6.73. The van der Waals surface area contributed by atoms with Gasteiger partial charge in [0.25, 0.3) is 0 Å². The molecule has 0 radical (unpaired) electrons. The van der Waals surface area contributed by atoms with Gasteiger partial charge in [-0.25, -0.2) is 0 Å². The fourth-order valence-electron chi connectivity index (χ4n) is 4.99. The molecule has 1 heterocycles. The van der Waals surface area contributed by atoms with Crippen molar-refractivity contribution in [3.8, 4) is 0 Å². The van der Waals surface area contributed by atoms with Crippen molar-refractivity contribution in [1.82, 2.24) is 10.6 Å². The average molecular weight is 359 g/mol. The van der Waals surface area contributed by atoms with E-state index in [9.17, 15) is 4.79 Å². The molecule has 0 aromatic heterocycles. The van der Waals surface area contributed by atoms with Gasteiger partial charge in [0.2, 0.25) is 5.91 Å². The zero-order chi connectivity index (χ0) is 18.5. The molecule has 0 atom stereocenters. The largest absolute Gasteiger partial charge is 0.384 e. The van der Waals surface area contributed by atoms with Gasteiger partial charge in [0.15, 0.2) is 0 Å². The van der Waals surface area contributed by atoms with E-state index in [0.29, 0.717) is 6.61 Å². The van der Waals surface area contributed by atoms with Gasteiger partial charge in [-0.05, 0) is 56.8 Å². The van der Waals surface area contributed by atoms with Crippen molar-refractivity contribution in [2.75, 3.05) is 33.4 Å². The molecule has 3 rings (SSSR count). The Balaban J connectivity index is 1.77. The minimum absolute atomic E-state index is 0.0838. The number of methoxy groups -OCH3 is 1. The summed E-state index contributed by atoms with van der Waals surface area (Å²) in [5.74, 6) is 0.180. The van der Waals surface area contributed by atoms with Gasteiger partial charge < -0.3 is 15.4 Å². The lowest BCUT2D eigenvalue weighted by Gasteiger charge is -2.41. The molecule has 1 amide bonds.